The van der Waals surface area contributed by atoms with Gasteiger partial charge in [0.1, 0.15) is 0 Å². The Morgan fingerprint density at radius 2 is 1.95 bits per heavy atom. The number of halogens is 1. The number of rotatable bonds is 8. The Morgan fingerprint density at radius 1 is 1.23 bits per heavy atom. The third-order valence-electron chi connectivity index (χ3n) is 3.17. The molecule has 0 atom stereocenters. The zero-order valence-electron chi connectivity index (χ0n) is 13.4. The van der Waals surface area contributed by atoms with Crippen LogP contribution in [0.25, 0.3) is 0 Å². The quantitative estimate of drug-likeness (QED) is 0.715. The molecule has 0 fully saturated rings. The molecule has 0 aliphatic rings. The average Bonchev–Trinajstić information content (AvgIpc) is 2.43. The van der Waals surface area contributed by atoms with Crippen molar-refractivity contribution in [2.45, 2.75) is 19.8 Å². The fourth-order valence-electron chi connectivity index (χ4n) is 2.04. The van der Waals surface area contributed by atoms with E-state index in [-0.39, 0.29) is 11.8 Å². The maximum absolute atomic E-state index is 11.8. The number of hydrogen-bond acceptors (Lipinski definition) is 3. The summed E-state index contributed by atoms with van der Waals surface area (Å²) < 4.78 is 0.907. The molecule has 0 aromatic heterocycles. The maximum atomic E-state index is 11.8. The lowest BCUT2D eigenvalue weighted by Gasteiger charge is -2.21. The number of anilines is 1. The number of hydrogen-bond donors (Lipinski definition) is 1. The van der Waals surface area contributed by atoms with Crippen molar-refractivity contribution in [1.82, 2.24) is 10.2 Å². The topological polar surface area (TPSA) is 52.7 Å². The molecule has 5 nitrogen and oxygen atoms in total. The molecular formula is C16H24BrN3O2. The van der Waals surface area contributed by atoms with Gasteiger partial charge in [0, 0.05) is 36.6 Å². The molecule has 0 heterocycles. The molecule has 122 valence electrons. The van der Waals surface area contributed by atoms with Crippen LogP contribution in [0.3, 0.4) is 0 Å². The summed E-state index contributed by atoms with van der Waals surface area (Å²) in [6.07, 6.45) is 1.22. The van der Waals surface area contributed by atoms with Crippen molar-refractivity contribution in [1.29, 1.82) is 0 Å². The number of benzene rings is 1. The SMILES string of the molecule is CC(=O)N(CCC(=O)NCCCN(C)C)c1cccc(Br)c1. The third-order valence-corrected chi connectivity index (χ3v) is 3.66. The molecule has 0 unspecified atom stereocenters. The monoisotopic (exact) mass is 369 g/mol. The van der Waals surface area contributed by atoms with Crippen LogP contribution in [-0.4, -0.2) is 50.4 Å². The molecule has 0 bridgehead atoms. The van der Waals surface area contributed by atoms with Gasteiger partial charge in [0.25, 0.3) is 0 Å². The van der Waals surface area contributed by atoms with Gasteiger partial charge in [0.15, 0.2) is 0 Å². The van der Waals surface area contributed by atoms with E-state index in [1.807, 2.05) is 38.4 Å². The molecule has 1 N–H and O–H groups in total. The van der Waals surface area contributed by atoms with E-state index in [4.69, 9.17) is 0 Å². The minimum absolute atomic E-state index is 0.0278. The second-order valence-electron chi connectivity index (χ2n) is 5.41. The Labute approximate surface area is 140 Å². The highest BCUT2D eigenvalue weighted by atomic mass is 79.9. The van der Waals surface area contributed by atoms with Gasteiger partial charge in [-0.1, -0.05) is 22.0 Å². The summed E-state index contributed by atoms with van der Waals surface area (Å²) in [7, 11) is 4.01. The smallest absolute Gasteiger partial charge is 0.223 e. The molecule has 1 aromatic rings. The van der Waals surface area contributed by atoms with Crippen LogP contribution in [0.2, 0.25) is 0 Å². The first kappa shape index (κ1) is 18.6. The Bertz CT molecular complexity index is 506. The molecule has 1 aromatic carbocycles. The highest BCUT2D eigenvalue weighted by Gasteiger charge is 2.13. The lowest BCUT2D eigenvalue weighted by Crippen LogP contribution is -2.34. The van der Waals surface area contributed by atoms with Gasteiger partial charge in [0.05, 0.1) is 0 Å². The largest absolute Gasteiger partial charge is 0.356 e. The number of carbonyl (C=O) groups is 2. The average molecular weight is 370 g/mol. The van der Waals surface area contributed by atoms with Crippen molar-refractivity contribution in [2.75, 3.05) is 38.6 Å². The molecule has 0 aliphatic heterocycles. The van der Waals surface area contributed by atoms with Gasteiger partial charge in [-0.05, 0) is 45.3 Å². The first-order valence-electron chi connectivity index (χ1n) is 7.35. The molecule has 0 saturated heterocycles. The highest BCUT2D eigenvalue weighted by molar-refractivity contribution is 9.10. The summed E-state index contributed by atoms with van der Waals surface area (Å²) in [5.41, 5.74) is 0.794. The van der Waals surface area contributed by atoms with Gasteiger partial charge in [-0.25, -0.2) is 0 Å². The van der Waals surface area contributed by atoms with Gasteiger partial charge >= 0.3 is 0 Å². The zero-order chi connectivity index (χ0) is 16.5. The van der Waals surface area contributed by atoms with Crippen molar-refractivity contribution >= 4 is 33.4 Å². The van der Waals surface area contributed by atoms with Gasteiger partial charge in [-0.2, -0.15) is 0 Å². The van der Waals surface area contributed by atoms with Crippen LogP contribution < -0.4 is 10.2 Å². The number of nitrogens with one attached hydrogen (secondary N) is 1. The van der Waals surface area contributed by atoms with Crippen molar-refractivity contribution in [2.24, 2.45) is 0 Å². The van der Waals surface area contributed by atoms with Gasteiger partial charge < -0.3 is 15.1 Å². The molecule has 0 aliphatic carbocycles. The second-order valence-corrected chi connectivity index (χ2v) is 6.32. The summed E-state index contributed by atoms with van der Waals surface area (Å²) in [6.45, 7) is 3.49. The fourth-order valence-corrected chi connectivity index (χ4v) is 2.42. The molecule has 1 rings (SSSR count). The molecule has 22 heavy (non-hydrogen) atoms. The first-order valence-corrected chi connectivity index (χ1v) is 8.14. The van der Waals surface area contributed by atoms with Crippen molar-refractivity contribution in [3.8, 4) is 0 Å². The lowest BCUT2D eigenvalue weighted by atomic mass is 10.2. The third kappa shape index (κ3) is 7.04. The van der Waals surface area contributed by atoms with Crippen LogP contribution in [0.15, 0.2) is 28.7 Å². The van der Waals surface area contributed by atoms with E-state index in [1.165, 1.54) is 6.92 Å². The van der Waals surface area contributed by atoms with Gasteiger partial charge in [-0.3, -0.25) is 9.59 Å². The summed E-state index contributed by atoms with van der Waals surface area (Å²) in [4.78, 5) is 27.3. The van der Waals surface area contributed by atoms with E-state index in [1.54, 1.807) is 4.90 Å². The molecule has 6 heteroatoms. The minimum atomic E-state index is -0.0708. The Hall–Kier alpha value is -1.40. The molecule has 0 radical (unpaired) electrons. The van der Waals surface area contributed by atoms with Crippen LogP contribution in [-0.2, 0) is 9.59 Å². The van der Waals surface area contributed by atoms with E-state index in [0.29, 0.717) is 19.5 Å². The Kier molecular flexibility index (Phi) is 8.12. The van der Waals surface area contributed by atoms with E-state index >= 15 is 0 Å². The minimum Gasteiger partial charge on any atom is -0.356 e. The summed E-state index contributed by atoms with van der Waals surface area (Å²) in [5, 5.41) is 2.88. The van der Waals surface area contributed by atoms with Crippen LogP contribution in [0.1, 0.15) is 19.8 Å². The van der Waals surface area contributed by atoms with Crippen LogP contribution in [0.4, 0.5) is 5.69 Å². The Balaban J connectivity index is 2.45. The molecular weight excluding hydrogens is 346 g/mol. The Morgan fingerprint density at radius 3 is 2.55 bits per heavy atom. The van der Waals surface area contributed by atoms with E-state index in [9.17, 15) is 9.59 Å². The van der Waals surface area contributed by atoms with Gasteiger partial charge in [-0.15, -0.1) is 0 Å². The molecule has 2 amide bonds. The summed E-state index contributed by atoms with van der Waals surface area (Å²) in [6, 6.07) is 7.51. The number of nitrogens with zero attached hydrogens (tertiary/aromatic N) is 2. The molecule has 0 spiro atoms. The predicted octanol–water partition coefficient (Wildman–Crippen LogP) is 2.26. The van der Waals surface area contributed by atoms with Crippen LogP contribution in [0.5, 0.6) is 0 Å². The number of carbonyl (C=O) groups excluding carboxylic acids is 2. The van der Waals surface area contributed by atoms with E-state index in [0.717, 1.165) is 23.1 Å². The van der Waals surface area contributed by atoms with Gasteiger partial charge in [0.2, 0.25) is 11.8 Å². The standard InChI is InChI=1S/C16H24BrN3O2/c1-13(21)20(15-7-4-6-14(17)12-15)11-8-16(22)18-9-5-10-19(2)3/h4,6-7,12H,5,8-11H2,1-3H3,(H,18,22). The van der Waals surface area contributed by atoms with Crippen LogP contribution >= 0.6 is 15.9 Å². The normalized spacial score (nSPS) is 10.6. The maximum Gasteiger partial charge on any atom is 0.223 e. The van der Waals surface area contributed by atoms with E-state index < -0.39 is 0 Å². The highest BCUT2D eigenvalue weighted by Crippen LogP contribution is 2.20. The lowest BCUT2D eigenvalue weighted by molar-refractivity contribution is -0.121. The molecule has 0 saturated carbocycles. The first-order chi connectivity index (χ1) is 10.4. The van der Waals surface area contributed by atoms with Crippen molar-refractivity contribution in [3.63, 3.8) is 0 Å². The second kappa shape index (κ2) is 9.58. The van der Waals surface area contributed by atoms with Crippen LogP contribution in [0, 0.1) is 0 Å². The van der Waals surface area contributed by atoms with Crippen molar-refractivity contribution in [3.05, 3.63) is 28.7 Å². The van der Waals surface area contributed by atoms with E-state index in [2.05, 4.69) is 26.1 Å². The van der Waals surface area contributed by atoms with Crippen molar-refractivity contribution < 1.29 is 9.59 Å². The number of amides is 2. The summed E-state index contributed by atoms with van der Waals surface area (Å²) in [5.74, 6) is -0.0986. The summed E-state index contributed by atoms with van der Waals surface area (Å²) >= 11 is 3.39. The zero-order valence-corrected chi connectivity index (χ0v) is 15.0. The predicted molar refractivity (Wildman–Crippen MR) is 93.0 cm³/mol. The fraction of sp³-hybridized carbons (Fsp3) is 0.500.